The minimum atomic E-state index is -3.86. The molecule has 2 aromatic carbocycles. The van der Waals surface area contributed by atoms with Crippen LogP contribution in [0.25, 0.3) is 0 Å². The van der Waals surface area contributed by atoms with E-state index in [0.29, 0.717) is 30.5 Å². The van der Waals surface area contributed by atoms with E-state index in [1.165, 1.54) is 20.3 Å². The fourth-order valence-electron chi connectivity index (χ4n) is 2.81. The Hall–Kier alpha value is -2.45. The highest BCUT2D eigenvalue weighted by atomic mass is 32.2. The molecule has 2 rings (SSSR count). The molecular weight excluding hydrogens is 406 g/mol. The van der Waals surface area contributed by atoms with Crippen LogP contribution in [0, 0.1) is 0 Å². The summed E-state index contributed by atoms with van der Waals surface area (Å²) >= 11 is 0. The standard InChI is InChI=1S/C22H31NO6S/c1-6-12-28-19-10-8-17(14-21(19)29-13-7-2)16(3)23-30(24,25)22-15-18(26-4)9-11-20(22)27-5/h8-11,14-16,23H,6-7,12-13H2,1-5H3. The molecule has 0 saturated heterocycles. The first kappa shape index (κ1) is 23.8. The summed E-state index contributed by atoms with van der Waals surface area (Å²) in [7, 11) is -0.957. The lowest BCUT2D eigenvalue weighted by Gasteiger charge is -2.19. The topological polar surface area (TPSA) is 83.1 Å². The molecule has 0 amide bonds. The van der Waals surface area contributed by atoms with Crippen molar-refractivity contribution in [2.75, 3.05) is 27.4 Å². The normalized spacial score (nSPS) is 12.3. The van der Waals surface area contributed by atoms with E-state index in [9.17, 15) is 8.42 Å². The molecule has 8 heteroatoms. The fraction of sp³-hybridized carbons (Fsp3) is 0.455. The Bertz CT molecular complexity index is 929. The molecule has 7 nitrogen and oxygen atoms in total. The van der Waals surface area contributed by atoms with Crippen molar-refractivity contribution in [3.63, 3.8) is 0 Å². The Balaban J connectivity index is 2.30. The van der Waals surface area contributed by atoms with Crippen LogP contribution in [0.4, 0.5) is 0 Å². The Morgan fingerprint density at radius 1 is 0.867 bits per heavy atom. The van der Waals surface area contributed by atoms with Crippen LogP contribution >= 0.6 is 0 Å². The molecule has 30 heavy (non-hydrogen) atoms. The van der Waals surface area contributed by atoms with Crippen LogP contribution in [0.5, 0.6) is 23.0 Å². The molecule has 0 aliphatic rings. The number of sulfonamides is 1. The van der Waals surface area contributed by atoms with Gasteiger partial charge in [0.1, 0.15) is 16.4 Å². The fourth-order valence-corrected chi connectivity index (χ4v) is 4.22. The number of hydrogen-bond acceptors (Lipinski definition) is 6. The third-order valence-corrected chi connectivity index (χ3v) is 5.95. The minimum Gasteiger partial charge on any atom is -0.497 e. The molecule has 0 heterocycles. The number of nitrogens with one attached hydrogen (secondary N) is 1. The Morgan fingerprint density at radius 3 is 2.10 bits per heavy atom. The quantitative estimate of drug-likeness (QED) is 0.532. The summed E-state index contributed by atoms with van der Waals surface area (Å²) in [5, 5.41) is 0. The van der Waals surface area contributed by atoms with Crippen LogP contribution in [0.2, 0.25) is 0 Å². The van der Waals surface area contributed by atoms with E-state index in [-0.39, 0.29) is 10.6 Å². The van der Waals surface area contributed by atoms with Gasteiger partial charge in [-0.2, -0.15) is 0 Å². The summed E-state index contributed by atoms with van der Waals surface area (Å²) in [4.78, 5) is 0.0153. The van der Waals surface area contributed by atoms with Gasteiger partial charge >= 0.3 is 0 Å². The van der Waals surface area contributed by atoms with Gasteiger partial charge in [-0.05, 0) is 49.6 Å². The van der Waals surface area contributed by atoms with Gasteiger partial charge in [-0.15, -0.1) is 0 Å². The highest BCUT2D eigenvalue weighted by Gasteiger charge is 2.24. The summed E-state index contributed by atoms with van der Waals surface area (Å²) < 4.78 is 50.7. The first-order chi connectivity index (χ1) is 14.4. The average Bonchev–Trinajstić information content (AvgIpc) is 2.75. The molecule has 0 aliphatic carbocycles. The van der Waals surface area contributed by atoms with Crippen LogP contribution in [-0.2, 0) is 10.0 Å². The zero-order valence-corrected chi connectivity index (χ0v) is 19.0. The zero-order valence-electron chi connectivity index (χ0n) is 18.2. The van der Waals surface area contributed by atoms with E-state index in [1.807, 2.05) is 32.0 Å². The summed E-state index contributed by atoms with van der Waals surface area (Å²) in [6.07, 6.45) is 1.74. The predicted octanol–water partition coefficient (Wildman–Crippen LogP) is 4.32. The van der Waals surface area contributed by atoms with Gasteiger partial charge in [0, 0.05) is 12.1 Å². The molecule has 0 fully saturated rings. The van der Waals surface area contributed by atoms with Gasteiger partial charge in [0.05, 0.1) is 27.4 Å². The van der Waals surface area contributed by atoms with Gasteiger partial charge in [0.15, 0.2) is 11.5 Å². The summed E-state index contributed by atoms with van der Waals surface area (Å²) in [5.74, 6) is 1.92. The Kier molecular flexibility index (Phi) is 8.80. The molecule has 0 bridgehead atoms. The van der Waals surface area contributed by atoms with E-state index >= 15 is 0 Å². The van der Waals surface area contributed by atoms with Gasteiger partial charge in [0.25, 0.3) is 0 Å². The van der Waals surface area contributed by atoms with Gasteiger partial charge in [-0.1, -0.05) is 19.9 Å². The van der Waals surface area contributed by atoms with Crippen LogP contribution in [0.15, 0.2) is 41.3 Å². The SMILES string of the molecule is CCCOc1ccc(C(C)NS(=O)(=O)c2cc(OC)ccc2OC)cc1OCCC. The molecule has 1 atom stereocenters. The second-order valence-corrected chi connectivity index (χ2v) is 8.45. The lowest BCUT2D eigenvalue weighted by atomic mass is 10.1. The van der Waals surface area contributed by atoms with Crippen molar-refractivity contribution in [3.05, 3.63) is 42.0 Å². The predicted molar refractivity (Wildman–Crippen MR) is 116 cm³/mol. The highest BCUT2D eigenvalue weighted by Crippen LogP contribution is 2.33. The van der Waals surface area contributed by atoms with E-state index in [0.717, 1.165) is 18.4 Å². The van der Waals surface area contributed by atoms with E-state index in [2.05, 4.69) is 4.72 Å². The minimum absolute atomic E-state index is 0.0153. The smallest absolute Gasteiger partial charge is 0.244 e. The van der Waals surface area contributed by atoms with Crippen molar-refractivity contribution in [1.29, 1.82) is 0 Å². The molecule has 1 unspecified atom stereocenters. The maximum Gasteiger partial charge on any atom is 0.244 e. The summed E-state index contributed by atoms with van der Waals surface area (Å²) in [6, 6.07) is 9.60. The first-order valence-electron chi connectivity index (χ1n) is 10.00. The molecule has 0 radical (unpaired) electrons. The van der Waals surface area contributed by atoms with Gasteiger partial charge < -0.3 is 18.9 Å². The Morgan fingerprint density at radius 2 is 1.50 bits per heavy atom. The van der Waals surface area contributed by atoms with E-state index < -0.39 is 16.1 Å². The largest absolute Gasteiger partial charge is 0.497 e. The van der Waals surface area contributed by atoms with Crippen LogP contribution in [0.1, 0.15) is 45.2 Å². The third-order valence-electron chi connectivity index (χ3n) is 4.38. The molecular formula is C22H31NO6S. The number of rotatable bonds is 12. The van der Waals surface area contributed by atoms with Crippen LogP contribution < -0.4 is 23.7 Å². The lowest BCUT2D eigenvalue weighted by molar-refractivity contribution is 0.268. The van der Waals surface area contributed by atoms with Crippen LogP contribution in [-0.4, -0.2) is 35.9 Å². The second kappa shape index (κ2) is 11.1. The van der Waals surface area contributed by atoms with Gasteiger partial charge in [-0.3, -0.25) is 0 Å². The first-order valence-corrected chi connectivity index (χ1v) is 11.5. The average molecular weight is 438 g/mol. The van der Waals surface area contributed by atoms with Crippen molar-refractivity contribution in [2.45, 2.75) is 44.6 Å². The van der Waals surface area contributed by atoms with Crippen molar-refractivity contribution < 1.29 is 27.4 Å². The van der Waals surface area contributed by atoms with Crippen molar-refractivity contribution in [1.82, 2.24) is 4.72 Å². The summed E-state index contributed by atoms with van der Waals surface area (Å²) in [5.41, 5.74) is 0.760. The molecule has 0 aromatic heterocycles. The number of benzene rings is 2. The Labute approximate surface area is 179 Å². The van der Waals surface area contributed by atoms with Crippen molar-refractivity contribution >= 4 is 10.0 Å². The molecule has 0 spiro atoms. The molecule has 1 N–H and O–H groups in total. The lowest BCUT2D eigenvalue weighted by Crippen LogP contribution is -2.27. The van der Waals surface area contributed by atoms with Gasteiger partial charge in [0.2, 0.25) is 10.0 Å². The van der Waals surface area contributed by atoms with E-state index in [1.54, 1.807) is 19.1 Å². The molecule has 0 aliphatic heterocycles. The highest BCUT2D eigenvalue weighted by molar-refractivity contribution is 7.89. The third kappa shape index (κ3) is 6.03. The molecule has 166 valence electrons. The summed E-state index contributed by atoms with van der Waals surface area (Å²) in [6.45, 7) is 6.96. The van der Waals surface area contributed by atoms with Crippen molar-refractivity contribution in [3.8, 4) is 23.0 Å². The maximum atomic E-state index is 13.0. The van der Waals surface area contributed by atoms with Crippen molar-refractivity contribution in [2.24, 2.45) is 0 Å². The van der Waals surface area contributed by atoms with Crippen LogP contribution in [0.3, 0.4) is 0 Å². The molecule has 2 aromatic rings. The molecule has 0 saturated carbocycles. The second-order valence-electron chi connectivity index (χ2n) is 6.76. The monoisotopic (exact) mass is 437 g/mol. The van der Waals surface area contributed by atoms with E-state index in [4.69, 9.17) is 18.9 Å². The van der Waals surface area contributed by atoms with Gasteiger partial charge in [-0.25, -0.2) is 13.1 Å². The number of hydrogen-bond donors (Lipinski definition) is 1. The number of ether oxygens (including phenoxy) is 4. The maximum absolute atomic E-state index is 13.0. The number of methoxy groups -OCH3 is 2. The zero-order chi connectivity index (χ0) is 22.1.